The lowest BCUT2D eigenvalue weighted by Gasteiger charge is -2.15. The molecule has 1 aromatic carbocycles. The van der Waals surface area contributed by atoms with E-state index in [-0.39, 0.29) is 6.61 Å². The number of aliphatic hydroxyl groups excluding tert-OH is 1. The molecule has 1 unspecified atom stereocenters. The summed E-state index contributed by atoms with van der Waals surface area (Å²) in [6.45, 7) is -0.321. The fraction of sp³-hybridized carbons (Fsp3) is 0.364. The van der Waals surface area contributed by atoms with Crippen LogP contribution >= 0.6 is 0 Å². The lowest BCUT2D eigenvalue weighted by Crippen LogP contribution is -2.33. The third-order valence-corrected chi connectivity index (χ3v) is 2.10. The topological polar surface area (TPSA) is 67.8 Å². The molecule has 0 aliphatic heterocycles. The average Bonchev–Trinajstić information content (AvgIpc) is 2.35. The number of carbonyl (C=O) groups is 1. The van der Waals surface area contributed by atoms with Gasteiger partial charge in [0.25, 0.3) is 0 Å². The third kappa shape index (κ3) is 3.13. The molecule has 16 heavy (non-hydrogen) atoms. The number of hydrogen-bond acceptors (Lipinski definition) is 5. The van der Waals surface area contributed by atoms with Crippen LogP contribution in [0.2, 0.25) is 0 Å². The van der Waals surface area contributed by atoms with E-state index in [0.29, 0.717) is 5.69 Å². The SMILES string of the molecule is COC(=O)C(CO)Nc1ccc(OC)cc1. The molecular weight excluding hydrogens is 210 g/mol. The lowest BCUT2D eigenvalue weighted by atomic mass is 10.2. The van der Waals surface area contributed by atoms with Crippen molar-refractivity contribution in [2.75, 3.05) is 26.1 Å². The number of benzene rings is 1. The van der Waals surface area contributed by atoms with Crippen molar-refractivity contribution in [1.29, 1.82) is 0 Å². The van der Waals surface area contributed by atoms with Crippen LogP contribution in [0.4, 0.5) is 5.69 Å². The zero-order valence-electron chi connectivity index (χ0n) is 9.27. The van der Waals surface area contributed by atoms with Crippen LogP contribution in [-0.2, 0) is 9.53 Å². The Hall–Kier alpha value is -1.75. The van der Waals surface area contributed by atoms with Crippen molar-refractivity contribution in [2.45, 2.75) is 6.04 Å². The molecule has 0 saturated carbocycles. The van der Waals surface area contributed by atoms with Gasteiger partial charge in [0.1, 0.15) is 11.8 Å². The van der Waals surface area contributed by atoms with Crippen molar-refractivity contribution < 1.29 is 19.4 Å². The van der Waals surface area contributed by atoms with Crippen LogP contribution in [0.15, 0.2) is 24.3 Å². The Kier molecular flexibility index (Phi) is 4.60. The van der Waals surface area contributed by atoms with E-state index in [1.807, 2.05) is 0 Å². The zero-order valence-corrected chi connectivity index (χ0v) is 9.27. The fourth-order valence-electron chi connectivity index (χ4n) is 1.21. The number of anilines is 1. The molecule has 1 rings (SSSR count). The van der Waals surface area contributed by atoms with E-state index < -0.39 is 12.0 Å². The van der Waals surface area contributed by atoms with E-state index >= 15 is 0 Å². The molecule has 2 N–H and O–H groups in total. The van der Waals surface area contributed by atoms with Gasteiger partial charge in [0.15, 0.2) is 0 Å². The second kappa shape index (κ2) is 5.97. The number of esters is 1. The van der Waals surface area contributed by atoms with Crippen LogP contribution in [0.5, 0.6) is 5.75 Å². The van der Waals surface area contributed by atoms with Crippen molar-refractivity contribution in [3.63, 3.8) is 0 Å². The Bertz CT molecular complexity index is 336. The molecule has 5 heteroatoms. The molecule has 5 nitrogen and oxygen atoms in total. The molecule has 0 bridgehead atoms. The highest BCUT2D eigenvalue weighted by Crippen LogP contribution is 2.15. The number of methoxy groups -OCH3 is 2. The Morgan fingerprint density at radius 2 is 2.00 bits per heavy atom. The van der Waals surface area contributed by atoms with E-state index in [1.54, 1.807) is 31.4 Å². The van der Waals surface area contributed by atoms with Gasteiger partial charge >= 0.3 is 5.97 Å². The predicted octanol–water partition coefficient (Wildman–Crippen LogP) is 0.641. The molecule has 0 heterocycles. The first-order valence-corrected chi connectivity index (χ1v) is 4.80. The molecular formula is C11H15NO4. The summed E-state index contributed by atoms with van der Waals surface area (Å²) in [5.41, 5.74) is 0.713. The summed E-state index contributed by atoms with van der Waals surface area (Å²) in [4.78, 5) is 11.2. The third-order valence-electron chi connectivity index (χ3n) is 2.10. The van der Waals surface area contributed by atoms with Gasteiger partial charge in [-0.05, 0) is 24.3 Å². The summed E-state index contributed by atoms with van der Waals surface area (Å²) in [7, 11) is 2.86. The summed E-state index contributed by atoms with van der Waals surface area (Å²) in [5, 5.41) is 11.9. The molecule has 0 aliphatic rings. The highest BCUT2D eigenvalue weighted by atomic mass is 16.5. The number of rotatable bonds is 5. The molecule has 1 aromatic rings. The minimum Gasteiger partial charge on any atom is -0.497 e. The summed E-state index contributed by atoms with van der Waals surface area (Å²) in [5.74, 6) is 0.225. The van der Waals surface area contributed by atoms with Crippen molar-refractivity contribution in [1.82, 2.24) is 0 Å². The van der Waals surface area contributed by atoms with Crippen LogP contribution in [0, 0.1) is 0 Å². The maximum Gasteiger partial charge on any atom is 0.330 e. The summed E-state index contributed by atoms with van der Waals surface area (Å²) >= 11 is 0. The Morgan fingerprint density at radius 3 is 2.44 bits per heavy atom. The van der Waals surface area contributed by atoms with Crippen molar-refractivity contribution in [3.8, 4) is 5.75 Å². The van der Waals surface area contributed by atoms with Gasteiger partial charge in [-0.15, -0.1) is 0 Å². The maximum atomic E-state index is 11.2. The quantitative estimate of drug-likeness (QED) is 0.720. The zero-order chi connectivity index (χ0) is 12.0. The first-order chi connectivity index (χ1) is 7.71. The summed E-state index contributed by atoms with van der Waals surface area (Å²) < 4.78 is 9.53. The van der Waals surface area contributed by atoms with Crippen molar-refractivity contribution >= 4 is 11.7 Å². The summed E-state index contributed by atoms with van der Waals surface area (Å²) in [6, 6.07) is 6.27. The van der Waals surface area contributed by atoms with Gasteiger partial charge in [-0.25, -0.2) is 4.79 Å². The van der Waals surface area contributed by atoms with Gasteiger partial charge < -0.3 is 19.9 Å². The summed E-state index contributed by atoms with van der Waals surface area (Å²) in [6.07, 6.45) is 0. The molecule has 1 atom stereocenters. The first-order valence-electron chi connectivity index (χ1n) is 4.80. The molecule has 0 fully saturated rings. The van der Waals surface area contributed by atoms with E-state index in [9.17, 15) is 4.79 Å². The number of carbonyl (C=O) groups excluding carboxylic acids is 1. The molecule has 0 aliphatic carbocycles. The van der Waals surface area contributed by atoms with Crippen LogP contribution < -0.4 is 10.1 Å². The van der Waals surface area contributed by atoms with Gasteiger partial charge in [-0.1, -0.05) is 0 Å². The van der Waals surface area contributed by atoms with Gasteiger partial charge in [0.05, 0.1) is 20.8 Å². The number of ether oxygens (including phenoxy) is 2. The number of hydrogen-bond donors (Lipinski definition) is 2. The maximum absolute atomic E-state index is 11.2. The second-order valence-electron chi connectivity index (χ2n) is 3.13. The van der Waals surface area contributed by atoms with Gasteiger partial charge in [-0.3, -0.25) is 0 Å². The van der Waals surface area contributed by atoms with E-state index in [1.165, 1.54) is 7.11 Å². The van der Waals surface area contributed by atoms with Gasteiger partial charge in [-0.2, -0.15) is 0 Å². The monoisotopic (exact) mass is 225 g/mol. The van der Waals surface area contributed by atoms with Crippen LogP contribution in [0.25, 0.3) is 0 Å². The lowest BCUT2D eigenvalue weighted by molar-refractivity contribution is -0.142. The average molecular weight is 225 g/mol. The molecule has 0 aromatic heterocycles. The fourth-order valence-corrected chi connectivity index (χ4v) is 1.21. The van der Waals surface area contributed by atoms with Crippen LogP contribution in [-0.4, -0.2) is 37.9 Å². The number of aliphatic hydroxyl groups is 1. The van der Waals surface area contributed by atoms with E-state index in [0.717, 1.165) is 5.75 Å². The van der Waals surface area contributed by atoms with Crippen LogP contribution in [0.3, 0.4) is 0 Å². The normalized spacial score (nSPS) is 11.7. The van der Waals surface area contributed by atoms with Gasteiger partial charge in [0, 0.05) is 5.69 Å². The van der Waals surface area contributed by atoms with Crippen molar-refractivity contribution in [2.24, 2.45) is 0 Å². The highest BCUT2D eigenvalue weighted by molar-refractivity contribution is 5.79. The molecule has 0 saturated heterocycles. The van der Waals surface area contributed by atoms with Gasteiger partial charge in [0.2, 0.25) is 0 Å². The number of nitrogens with one attached hydrogen (secondary N) is 1. The highest BCUT2D eigenvalue weighted by Gasteiger charge is 2.17. The predicted molar refractivity (Wildman–Crippen MR) is 59.5 cm³/mol. The Balaban J connectivity index is 2.66. The molecule has 0 radical (unpaired) electrons. The largest absolute Gasteiger partial charge is 0.497 e. The van der Waals surface area contributed by atoms with Crippen molar-refractivity contribution in [3.05, 3.63) is 24.3 Å². The van der Waals surface area contributed by atoms with E-state index in [2.05, 4.69) is 10.1 Å². The van der Waals surface area contributed by atoms with E-state index in [4.69, 9.17) is 9.84 Å². The molecule has 0 amide bonds. The second-order valence-corrected chi connectivity index (χ2v) is 3.13. The van der Waals surface area contributed by atoms with Crippen LogP contribution in [0.1, 0.15) is 0 Å². The minimum absolute atomic E-state index is 0.321. The Morgan fingerprint density at radius 1 is 1.38 bits per heavy atom. The minimum atomic E-state index is -0.751. The molecule has 88 valence electrons. The molecule has 0 spiro atoms. The smallest absolute Gasteiger partial charge is 0.330 e. The Labute approximate surface area is 94.0 Å². The first kappa shape index (κ1) is 12.3. The standard InChI is InChI=1S/C11H15NO4/c1-15-9-5-3-8(4-6-9)12-10(7-13)11(14)16-2/h3-6,10,12-13H,7H2,1-2H3.